The number of piperidine rings is 1. The van der Waals surface area contributed by atoms with Crippen LogP contribution in [0.2, 0.25) is 0 Å². The molecule has 1 atom stereocenters. The van der Waals surface area contributed by atoms with Gasteiger partial charge in [0.05, 0.1) is 17.2 Å². The predicted molar refractivity (Wildman–Crippen MR) is 130 cm³/mol. The molecule has 2 aromatic carbocycles. The van der Waals surface area contributed by atoms with E-state index < -0.39 is 5.91 Å². The summed E-state index contributed by atoms with van der Waals surface area (Å²) < 4.78 is 0. The van der Waals surface area contributed by atoms with Gasteiger partial charge in [0.1, 0.15) is 5.82 Å². The van der Waals surface area contributed by atoms with Crippen molar-refractivity contribution in [3.8, 4) is 0 Å². The number of nitrogens with one attached hydrogen (secondary N) is 4. The van der Waals surface area contributed by atoms with Crippen LogP contribution in [0.1, 0.15) is 28.8 Å². The highest BCUT2D eigenvalue weighted by atomic mass is 16.2. The van der Waals surface area contributed by atoms with E-state index in [0.29, 0.717) is 23.6 Å². The monoisotopic (exact) mass is 444 g/mol. The lowest BCUT2D eigenvalue weighted by Gasteiger charge is -2.21. The van der Waals surface area contributed by atoms with E-state index in [1.807, 2.05) is 54.6 Å². The zero-order valence-corrected chi connectivity index (χ0v) is 18.3. The van der Waals surface area contributed by atoms with Gasteiger partial charge in [-0.05, 0) is 49.2 Å². The number of hydrogen-bond acceptors (Lipinski definition) is 6. The van der Waals surface area contributed by atoms with Gasteiger partial charge in [0, 0.05) is 36.7 Å². The number of nitrogens with two attached hydrogens (primary N) is 1. The molecule has 0 spiro atoms. The van der Waals surface area contributed by atoms with E-state index in [9.17, 15) is 9.59 Å². The van der Waals surface area contributed by atoms with Crippen LogP contribution in [0.15, 0.2) is 66.9 Å². The van der Waals surface area contributed by atoms with Crippen molar-refractivity contribution in [2.45, 2.75) is 19.4 Å². The topological polar surface area (TPSA) is 121 Å². The number of anilines is 4. The van der Waals surface area contributed by atoms with Gasteiger partial charge >= 0.3 is 0 Å². The van der Waals surface area contributed by atoms with Gasteiger partial charge in [0.15, 0.2) is 0 Å². The molecule has 1 unspecified atom stereocenters. The molecule has 8 nitrogen and oxygen atoms in total. The van der Waals surface area contributed by atoms with Crippen molar-refractivity contribution in [2.24, 2.45) is 11.7 Å². The SMILES string of the molecule is NC(=O)c1cnc(Nc2ccc(NC(=O)C3CCCNC3)cc2)cc1NCc1ccccc1. The first kappa shape index (κ1) is 22.3. The van der Waals surface area contributed by atoms with Crippen LogP contribution in [-0.2, 0) is 11.3 Å². The molecule has 6 N–H and O–H groups in total. The number of carbonyl (C=O) groups is 2. The summed E-state index contributed by atoms with van der Waals surface area (Å²) in [5.74, 6) is 0.0746. The van der Waals surface area contributed by atoms with Gasteiger partial charge in [0.2, 0.25) is 5.91 Å². The minimum atomic E-state index is -0.544. The van der Waals surface area contributed by atoms with Gasteiger partial charge in [-0.25, -0.2) is 4.98 Å². The third kappa shape index (κ3) is 6.08. The lowest BCUT2D eigenvalue weighted by Crippen LogP contribution is -2.37. The number of nitrogens with zero attached hydrogens (tertiary/aromatic N) is 1. The van der Waals surface area contributed by atoms with Gasteiger partial charge in [-0.3, -0.25) is 9.59 Å². The van der Waals surface area contributed by atoms with E-state index in [2.05, 4.69) is 26.3 Å². The van der Waals surface area contributed by atoms with Gasteiger partial charge in [-0.2, -0.15) is 0 Å². The molecule has 1 saturated heterocycles. The Morgan fingerprint density at radius 1 is 1.06 bits per heavy atom. The van der Waals surface area contributed by atoms with Crippen molar-refractivity contribution in [1.29, 1.82) is 0 Å². The third-order valence-corrected chi connectivity index (χ3v) is 5.59. The summed E-state index contributed by atoms with van der Waals surface area (Å²) in [5, 5.41) is 12.7. The molecule has 2 amide bonds. The highest BCUT2D eigenvalue weighted by Gasteiger charge is 2.20. The Balaban J connectivity index is 1.41. The fraction of sp³-hybridized carbons (Fsp3) is 0.240. The average Bonchev–Trinajstić information content (AvgIpc) is 2.85. The van der Waals surface area contributed by atoms with Gasteiger partial charge < -0.3 is 27.0 Å². The Morgan fingerprint density at radius 2 is 1.82 bits per heavy atom. The fourth-order valence-corrected chi connectivity index (χ4v) is 3.76. The third-order valence-electron chi connectivity index (χ3n) is 5.59. The summed E-state index contributed by atoms with van der Waals surface area (Å²) in [5.41, 5.74) is 9.09. The first-order chi connectivity index (χ1) is 16.1. The zero-order chi connectivity index (χ0) is 23.0. The predicted octanol–water partition coefficient (Wildman–Crippen LogP) is 3.47. The van der Waals surface area contributed by atoms with Crippen molar-refractivity contribution in [1.82, 2.24) is 10.3 Å². The number of benzene rings is 2. The number of amides is 2. The largest absolute Gasteiger partial charge is 0.380 e. The minimum Gasteiger partial charge on any atom is -0.380 e. The number of aromatic nitrogens is 1. The molecule has 2 heterocycles. The molecule has 1 aliphatic rings. The lowest BCUT2D eigenvalue weighted by molar-refractivity contribution is -0.120. The van der Waals surface area contributed by atoms with Crippen molar-refractivity contribution in [2.75, 3.05) is 29.0 Å². The smallest absolute Gasteiger partial charge is 0.252 e. The Kier molecular flexibility index (Phi) is 7.16. The zero-order valence-electron chi connectivity index (χ0n) is 18.3. The average molecular weight is 445 g/mol. The van der Waals surface area contributed by atoms with Gasteiger partial charge in [-0.15, -0.1) is 0 Å². The maximum absolute atomic E-state index is 12.4. The summed E-state index contributed by atoms with van der Waals surface area (Å²) in [4.78, 5) is 28.6. The summed E-state index contributed by atoms with van der Waals surface area (Å²) in [6.45, 7) is 2.25. The van der Waals surface area contributed by atoms with E-state index >= 15 is 0 Å². The molecule has 0 radical (unpaired) electrons. The summed E-state index contributed by atoms with van der Waals surface area (Å²) in [7, 11) is 0. The second kappa shape index (κ2) is 10.6. The van der Waals surface area contributed by atoms with Crippen molar-refractivity contribution in [3.05, 3.63) is 78.0 Å². The first-order valence-corrected chi connectivity index (χ1v) is 11.0. The lowest BCUT2D eigenvalue weighted by atomic mass is 9.99. The molecule has 0 aliphatic carbocycles. The van der Waals surface area contributed by atoms with E-state index in [1.165, 1.54) is 6.20 Å². The maximum atomic E-state index is 12.4. The van der Waals surface area contributed by atoms with Crippen molar-refractivity contribution >= 4 is 34.7 Å². The fourth-order valence-electron chi connectivity index (χ4n) is 3.76. The molecule has 1 aromatic heterocycles. The molecule has 1 fully saturated rings. The van der Waals surface area contributed by atoms with Crippen LogP contribution in [0.5, 0.6) is 0 Å². The maximum Gasteiger partial charge on any atom is 0.252 e. The van der Waals surface area contributed by atoms with Crippen molar-refractivity contribution in [3.63, 3.8) is 0 Å². The Labute approximate surface area is 193 Å². The van der Waals surface area contributed by atoms with E-state index in [1.54, 1.807) is 6.07 Å². The molecule has 3 aromatic rings. The first-order valence-electron chi connectivity index (χ1n) is 11.0. The molecule has 1 aliphatic heterocycles. The van der Waals surface area contributed by atoms with E-state index in [4.69, 9.17) is 5.73 Å². The summed E-state index contributed by atoms with van der Waals surface area (Å²) >= 11 is 0. The molecule has 0 saturated carbocycles. The highest BCUT2D eigenvalue weighted by molar-refractivity contribution is 5.98. The number of carbonyl (C=O) groups excluding carboxylic acids is 2. The van der Waals surface area contributed by atoms with Crippen LogP contribution < -0.4 is 27.0 Å². The number of rotatable bonds is 8. The molecule has 33 heavy (non-hydrogen) atoms. The summed E-state index contributed by atoms with van der Waals surface area (Å²) in [6.07, 6.45) is 3.39. The molecule has 0 bridgehead atoms. The Hall–Kier alpha value is -3.91. The van der Waals surface area contributed by atoms with Gasteiger partial charge in [-0.1, -0.05) is 30.3 Å². The van der Waals surface area contributed by atoms with E-state index in [-0.39, 0.29) is 11.8 Å². The van der Waals surface area contributed by atoms with Crippen LogP contribution in [0.4, 0.5) is 22.9 Å². The van der Waals surface area contributed by atoms with Crippen LogP contribution in [0.25, 0.3) is 0 Å². The summed E-state index contributed by atoms with van der Waals surface area (Å²) in [6, 6.07) is 19.1. The Bertz CT molecular complexity index is 1100. The molecular formula is C25H28N6O2. The quantitative estimate of drug-likeness (QED) is 0.363. The molecular weight excluding hydrogens is 416 g/mol. The normalized spacial score (nSPS) is 15.5. The Morgan fingerprint density at radius 3 is 2.52 bits per heavy atom. The molecule has 170 valence electrons. The second-order valence-electron chi connectivity index (χ2n) is 8.05. The standard InChI is InChI=1S/C25H28N6O2/c26-24(32)21-16-29-23(13-22(21)28-14-17-5-2-1-3-6-17)30-19-8-10-20(11-9-19)31-25(33)18-7-4-12-27-15-18/h1-3,5-6,8-11,13,16,18,27H,4,7,12,14-15H2,(H2,26,32)(H,31,33)(H2,28,29,30). The van der Waals surface area contributed by atoms with Crippen LogP contribution in [-0.4, -0.2) is 29.9 Å². The minimum absolute atomic E-state index is 0.00586. The number of hydrogen-bond donors (Lipinski definition) is 5. The second-order valence-corrected chi connectivity index (χ2v) is 8.05. The van der Waals surface area contributed by atoms with Crippen LogP contribution in [0, 0.1) is 5.92 Å². The molecule has 4 rings (SSSR count). The highest BCUT2D eigenvalue weighted by Crippen LogP contribution is 2.23. The van der Waals surface area contributed by atoms with Crippen LogP contribution in [0.3, 0.4) is 0 Å². The van der Waals surface area contributed by atoms with E-state index in [0.717, 1.165) is 42.9 Å². The van der Waals surface area contributed by atoms with Gasteiger partial charge in [0.25, 0.3) is 5.91 Å². The number of pyridine rings is 1. The molecule has 8 heteroatoms. The van der Waals surface area contributed by atoms with Crippen molar-refractivity contribution < 1.29 is 9.59 Å². The van der Waals surface area contributed by atoms with Crippen LogP contribution >= 0.6 is 0 Å². The number of primary amides is 1.